The SMILES string of the molecule is O=C(CSc1nnnn1C1CCCCC1)NC(=O)Nc1ccc2c(c1)OCCCO2. The zero-order chi connectivity index (χ0) is 20.8. The Kier molecular flexibility index (Phi) is 6.67. The number of fused-ring (bicyclic) bond motifs is 1. The van der Waals surface area contributed by atoms with E-state index in [9.17, 15) is 9.59 Å². The Labute approximate surface area is 178 Å². The molecule has 4 rings (SSSR count). The average molecular weight is 433 g/mol. The van der Waals surface area contributed by atoms with Crippen molar-refractivity contribution >= 4 is 29.4 Å². The van der Waals surface area contributed by atoms with Gasteiger partial charge in [0.05, 0.1) is 25.0 Å². The molecule has 0 bridgehead atoms. The first-order chi connectivity index (χ1) is 14.7. The molecule has 1 aliphatic carbocycles. The van der Waals surface area contributed by atoms with E-state index in [1.54, 1.807) is 22.9 Å². The van der Waals surface area contributed by atoms with E-state index in [4.69, 9.17) is 9.47 Å². The number of anilines is 1. The van der Waals surface area contributed by atoms with Gasteiger partial charge in [0.2, 0.25) is 11.1 Å². The molecule has 0 radical (unpaired) electrons. The summed E-state index contributed by atoms with van der Waals surface area (Å²) < 4.78 is 13.0. The second kappa shape index (κ2) is 9.79. The highest BCUT2D eigenvalue weighted by atomic mass is 32.2. The number of urea groups is 1. The quantitative estimate of drug-likeness (QED) is 0.692. The molecule has 0 spiro atoms. The number of tetrazole rings is 1. The minimum Gasteiger partial charge on any atom is -0.490 e. The lowest BCUT2D eigenvalue weighted by atomic mass is 9.96. The summed E-state index contributed by atoms with van der Waals surface area (Å²) >= 11 is 1.22. The fraction of sp³-hybridized carbons (Fsp3) is 0.526. The molecule has 1 aromatic heterocycles. The molecular formula is C19H24N6O4S. The number of carbonyl (C=O) groups excluding carboxylic acids is 2. The zero-order valence-corrected chi connectivity index (χ0v) is 17.3. The monoisotopic (exact) mass is 432 g/mol. The lowest BCUT2D eigenvalue weighted by Gasteiger charge is -2.21. The van der Waals surface area contributed by atoms with E-state index < -0.39 is 11.9 Å². The van der Waals surface area contributed by atoms with Gasteiger partial charge in [-0.15, -0.1) is 5.10 Å². The molecule has 1 fully saturated rings. The molecule has 3 amide bonds. The van der Waals surface area contributed by atoms with Crippen LogP contribution in [0.2, 0.25) is 0 Å². The van der Waals surface area contributed by atoms with Gasteiger partial charge < -0.3 is 14.8 Å². The number of hydrogen-bond acceptors (Lipinski definition) is 8. The summed E-state index contributed by atoms with van der Waals surface area (Å²) in [5.74, 6) is 0.829. The largest absolute Gasteiger partial charge is 0.490 e. The number of hydrogen-bond donors (Lipinski definition) is 2. The summed E-state index contributed by atoms with van der Waals surface area (Å²) in [5.41, 5.74) is 0.512. The number of aromatic nitrogens is 4. The maximum absolute atomic E-state index is 12.2. The first-order valence-corrected chi connectivity index (χ1v) is 11.1. The van der Waals surface area contributed by atoms with Crippen LogP contribution in [0.4, 0.5) is 10.5 Å². The van der Waals surface area contributed by atoms with Crippen LogP contribution in [0.15, 0.2) is 23.4 Å². The van der Waals surface area contributed by atoms with Crippen molar-refractivity contribution in [2.75, 3.05) is 24.3 Å². The number of carbonyl (C=O) groups is 2. The molecule has 0 atom stereocenters. The number of rotatable bonds is 5. The molecule has 1 saturated carbocycles. The minimum absolute atomic E-state index is 0.0433. The van der Waals surface area contributed by atoms with E-state index in [-0.39, 0.29) is 11.8 Å². The van der Waals surface area contributed by atoms with Crippen molar-refractivity contribution < 1.29 is 19.1 Å². The van der Waals surface area contributed by atoms with Crippen molar-refractivity contribution in [3.05, 3.63) is 18.2 Å². The van der Waals surface area contributed by atoms with Crippen LogP contribution in [0, 0.1) is 0 Å². The van der Waals surface area contributed by atoms with Gasteiger partial charge in [0.25, 0.3) is 0 Å². The highest BCUT2D eigenvalue weighted by molar-refractivity contribution is 7.99. The highest BCUT2D eigenvalue weighted by Crippen LogP contribution is 2.32. The van der Waals surface area contributed by atoms with Gasteiger partial charge >= 0.3 is 6.03 Å². The van der Waals surface area contributed by atoms with Gasteiger partial charge in [0, 0.05) is 18.2 Å². The molecule has 0 saturated heterocycles. The van der Waals surface area contributed by atoms with E-state index >= 15 is 0 Å². The molecule has 1 aliphatic heterocycles. The van der Waals surface area contributed by atoms with E-state index in [0.717, 1.165) is 32.1 Å². The Bertz CT molecular complexity index is 899. The van der Waals surface area contributed by atoms with Gasteiger partial charge in [-0.2, -0.15) is 0 Å². The van der Waals surface area contributed by atoms with E-state index in [1.165, 1.54) is 18.2 Å². The molecule has 10 nitrogen and oxygen atoms in total. The molecule has 11 heteroatoms. The molecule has 1 aromatic carbocycles. The first-order valence-electron chi connectivity index (χ1n) is 10.1. The van der Waals surface area contributed by atoms with Crippen molar-refractivity contribution in [3.8, 4) is 11.5 Å². The van der Waals surface area contributed by atoms with Crippen LogP contribution >= 0.6 is 11.8 Å². The Morgan fingerprint density at radius 2 is 1.90 bits per heavy atom. The Morgan fingerprint density at radius 1 is 1.10 bits per heavy atom. The third kappa shape index (κ3) is 5.21. The van der Waals surface area contributed by atoms with Gasteiger partial charge in [-0.05, 0) is 35.4 Å². The number of imide groups is 1. The van der Waals surface area contributed by atoms with Crippen molar-refractivity contribution in [1.29, 1.82) is 0 Å². The lowest BCUT2D eigenvalue weighted by molar-refractivity contribution is -0.117. The topological polar surface area (TPSA) is 120 Å². The van der Waals surface area contributed by atoms with E-state index in [0.29, 0.717) is 35.6 Å². The third-order valence-corrected chi connectivity index (χ3v) is 5.91. The minimum atomic E-state index is -0.609. The molecule has 160 valence electrons. The lowest BCUT2D eigenvalue weighted by Crippen LogP contribution is -2.35. The van der Waals surface area contributed by atoms with E-state index in [1.807, 2.05) is 0 Å². The molecular weight excluding hydrogens is 408 g/mol. The van der Waals surface area contributed by atoms with Crippen LogP contribution in [0.1, 0.15) is 44.6 Å². The fourth-order valence-corrected chi connectivity index (χ4v) is 4.28. The second-order valence-corrected chi connectivity index (χ2v) is 8.14. The highest BCUT2D eigenvalue weighted by Gasteiger charge is 2.21. The smallest absolute Gasteiger partial charge is 0.325 e. The van der Waals surface area contributed by atoms with Crippen LogP contribution in [0.25, 0.3) is 0 Å². The Hall–Kier alpha value is -2.82. The summed E-state index contributed by atoms with van der Waals surface area (Å²) in [6.07, 6.45) is 6.45. The predicted octanol–water partition coefficient (Wildman–Crippen LogP) is 2.78. The Morgan fingerprint density at radius 3 is 2.73 bits per heavy atom. The van der Waals surface area contributed by atoms with Crippen LogP contribution in [0.5, 0.6) is 11.5 Å². The van der Waals surface area contributed by atoms with Crippen molar-refractivity contribution in [1.82, 2.24) is 25.5 Å². The molecule has 2 aliphatic rings. The van der Waals surface area contributed by atoms with Crippen LogP contribution in [0.3, 0.4) is 0 Å². The maximum atomic E-state index is 12.2. The number of ether oxygens (including phenoxy) is 2. The number of nitrogens with one attached hydrogen (secondary N) is 2. The average Bonchev–Trinajstić information content (AvgIpc) is 3.10. The summed E-state index contributed by atoms with van der Waals surface area (Å²) in [4.78, 5) is 24.4. The standard InChI is InChI=1S/C19H24N6O4S/c26-17(12-30-19-22-23-24-25(19)14-5-2-1-3-6-14)21-18(27)20-13-7-8-15-16(11-13)29-10-4-9-28-15/h7-8,11,14H,1-6,9-10,12H2,(H2,20,21,26,27). The number of amides is 3. The Balaban J connectivity index is 1.27. The predicted molar refractivity (Wildman–Crippen MR) is 110 cm³/mol. The number of thioether (sulfide) groups is 1. The van der Waals surface area contributed by atoms with Gasteiger partial charge in [-0.3, -0.25) is 10.1 Å². The number of nitrogens with zero attached hydrogens (tertiary/aromatic N) is 4. The van der Waals surface area contributed by atoms with Crippen molar-refractivity contribution in [2.45, 2.75) is 49.7 Å². The van der Waals surface area contributed by atoms with Crippen molar-refractivity contribution in [2.24, 2.45) is 0 Å². The number of benzene rings is 1. The van der Waals surface area contributed by atoms with E-state index in [2.05, 4.69) is 26.2 Å². The summed E-state index contributed by atoms with van der Waals surface area (Å²) in [5, 5.41) is 17.4. The van der Waals surface area contributed by atoms with Crippen LogP contribution in [-0.2, 0) is 4.79 Å². The molecule has 30 heavy (non-hydrogen) atoms. The van der Waals surface area contributed by atoms with Crippen LogP contribution < -0.4 is 20.1 Å². The van der Waals surface area contributed by atoms with Gasteiger partial charge in [0.15, 0.2) is 11.5 Å². The van der Waals surface area contributed by atoms with Gasteiger partial charge in [-0.1, -0.05) is 31.0 Å². The summed E-state index contributed by atoms with van der Waals surface area (Å²) in [7, 11) is 0. The fourth-order valence-electron chi connectivity index (χ4n) is 3.53. The van der Waals surface area contributed by atoms with Gasteiger partial charge in [0.1, 0.15) is 0 Å². The second-order valence-electron chi connectivity index (χ2n) is 7.20. The molecule has 2 aromatic rings. The van der Waals surface area contributed by atoms with Crippen molar-refractivity contribution in [3.63, 3.8) is 0 Å². The first kappa shape index (κ1) is 20.5. The molecule has 0 unspecified atom stereocenters. The molecule has 2 N–H and O–H groups in total. The zero-order valence-electron chi connectivity index (χ0n) is 16.5. The van der Waals surface area contributed by atoms with Gasteiger partial charge in [-0.25, -0.2) is 9.48 Å². The summed E-state index contributed by atoms with van der Waals surface area (Å²) in [6, 6.07) is 4.78. The molecule has 2 heterocycles. The normalized spacial score (nSPS) is 16.5. The third-order valence-electron chi connectivity index (χ3n) is 4.97. The maximum Gasteiger partial charge on any atom is 0.325 e. The van der Waals surface area contributed by atoms with Crippen LogP contribution in [-0.4, -0.2) is 51.1 Å². The summed E-state index contributed by atoms with van der Waals surface area (Å²) in [6.45, 7) is 1.15.